The van der Waals surface area contributed by atoms with Gasteiger partial charge in [0.15, 0.2) is 0 Å². The quantitative estimate of drug-likeness (QED) is 0.652. The lowest BCUT2D eigenvalue weighted by molar-refractivity contribution is 0.599. The van der Waals surface area contributed by atoms with Crippen molar-refractivity contribution in [1.29, 1.82) is 0 Å². The highest BCUT2D eigenvalue weighted by molar-refractivity contribution is 9.10. The van der Waals surface area contributed by atoms with Gasteiger partial charge >= 0.3 is 0 Å². The second kappa shape index (κ2) is 5.96. The number of halogens is 4. The zero-order chi connectivity index (χ0) is 14.0. The monoisotopic (exact) mass is 346 g/mol. The Hall–Kier alpha value is -1.01. The zero-order valence-corrected chi connectivity index (χ0v) is 12.0. The van der Waals surface area contributed by atoms with Crippen LogP contribution >= 0.6 is 27.5 Å². The molecule has 2 rings (SSSR count). The summed E-state index contributed by atoms with van der Waals surface area (Å²) in [5.41, 5.74) is 3.71. The molecule has 0 saturated heterocycles. The van der Waals surface area contributed by atoms with E-state index < -0.39 is 11.9 Å². The summed E-state index contributed by atoms with van der Waals surface area (Å²) >= 11 is 9.14. The van der Waals surface area contributed by atoms with Crippen LogP contribution in [-0.2, 0) is 0 Å². The van der Waals surface area contributed by atoms with Gasteiger partial charge < -0.3 is 0 Å². The maximum Gasteiger partial charge on any atom is 0.137 e. The average molecular weight is 348 g/mol. The maximum atomic E-state index is 13.3. The number of hydrogen-bond donors (Lipinski definition) is 2. The van der Waals surface area contributed by atoms with Crippen molar-refractivity contribution in [2.45, 2.75) is 6.04 Å². The Bertz CT molecular complexity index is 607. The topological polar surface area (TPSA) is 38.0 Å². The minimum absolute atomic E-state index is 0.303. The van der Waals surface area contributed by atoms with Crippen molar-refractivity contribution < 1.29 is 8.78 Å². The van der Waals surface area contributed by atoms with Crippen molar-refractivity contribution in [3.05, 3.63) is 68.7 Å². The number of hydrazine groups is 1. The zero-order valence-electron chi connectivity index (χ0n) is 9.63. The lowest BCUT2D eigenvalue weighted by Gasteiger charge is -2.18. The summed E-state index contributed by atoms with van der Waals surface area (Å²) in [5, 5.41) is 0.379. The third-order valence-corrected chi connectivity index (χ3v) is 3.66. The molecule has 0 saturated carbocycles. The largest absolute Gasteiger partial charge is 0.271 e. The van der Waals surface area contributed by atoms with Crippen LogP contribution in [0.3, 0.4) is 0 Å². The molecule has 0 aromatic heterocycles. The van der Waals surface area contributed by atoms with Crippen molar-refractivity contribution in [3.8, 4) is 0 Å². The Labute approximate surface area is 122 Å². The first kappa shape index (κ1) is 14.4. The molecule has 0 heterocycles. The summed E-state index contributed by atoms with van der Waals surface area (Å²) in [6, 6.07) is 7.92. The second-order valence-electron chi connectivity index (χ2n) is 3.94. The predicted molar refractivity (Wildman–Crippen MR) is 74.7 cm³/mol. The van der Waals surface area contributed by atoms with Crippen LogP contribution in [0.5, 0.6) is 0 Å². The van der Waals surface area contributed by atoms with Gasteiger partial charge in [-0.1, -0.05) is 17.7 Å². The van der Waals surface area contributed by atoms with Gasteiger partial charge in [-0.15, -0.1) is 0 Å². The summed E-state index contributed by atoms with van der Waals surface area (Å²) in [6.45, 7) is 0. The molecule has 0 bridgehead atoms. The lowest BCUT2D eigenvalue weighted by Crippen LogP contribution is -2.29. The molecule has 2 aromatic rings. The van der Waals surface area contributed by atoms with Gasteiger partial charge in [0.05, 0.1) is 10.5 Å². The summed E-state index contributed by atoms with van der Waals surface area (Å²) in [5.74, 6) is 4.70. The molecular formula is C13H10BrClF2N2. The number of hydrogen-bond acceptors (Lipinski definition) is 2. The molecule has 2 aromatic carbocycles. The molecular weight excluding hydrogens is 338 g/mol. The minimum atomic E-state index is -0.528. The molecule has 0 amide bonds. The molecule has 3 N–H and O–H groups in total. The fourth-order valence-electron chi connectivity index (χ4n) is 1.79. The van der Waals surface area contributed by atoms with E-state index in [9.17, 15) is 8.78 Å². The fraction of sp³-hybridized carbons (Fsp3) is 0.0769. The average Bonchev–Trinajstić information content (AvgIpc) is 2.38. The van der Waals surface area contributed by atoms with Crippen molar-refractivity contribution in [3.63, 3.8) is 0 Å². The summed E-state index contributed by atoms with van der Waals surface area (Å²) in [7, 11) is 0. The third-order valence-electron chi connectivity index (χ3n) is 2.71. The van der Waals surface area contributed by atoms with Crippen LogP contribution in [0.4, 0.5) is 8.78 Å². The second-order valence-corrected chi connectivity index (χ2v) is 5.20. The Morgan fingerprint density at radius 1 is 1.16 bits per heavy atom. The number of nitrogens with one attached hydrogen (secondary N) is 1. The molecule has 19 heavy (non-hydrogen) atoms. The van der Waals surface area contributed by atoms with Crippen LogP contribution < -0.4 is 11.3 Å². The number of benzene rings is 2. The van der Waals surface area contributed by atoms with Gasteiger partial charge in [-0.05, 0) is 57.4 Å². The van der Waals surface area contributed by atoms with Gasteiger partial charge in [0.25, 0.3) is 0 Å². The van der Waals surface area contributed by atoms with E-state index in [1.54, 1.807) is 12.1 Å². The molecule has 0 spiro atoms. The molecule has 6 heteroatoms. The van der Waals surface area contributed by atoms with E-state index >= 15 is 0 Å². The highest BCUT2D eigenvalue weighted by Crippen LogP contribution is 2.30. The van der Waals surface area contributed by atoms with Gasteiger partial charge in [0.2, 0.25) is 0 Å². The third kappa shape index (κ3) is 3.12. The van der Waals surface area contributed by atoms with Crippen molar-refractivity contribution in [2.24, 2.45) is 5.84 Å². The molecule has 0 aliphatic carbocycles. The molecule has 0 fully saturated rings. The van der Waals surface area contributed by atoms with Crippen LogP contribution in [-0.4, -0.2) is 0 Å². The van der Waals surface area contributed by atoms with Gasteiger partial charge in [-0.25, -0.2) is 14.2 Å². The van der Waals surface area contributed by atoms with Crippen molar-refractivity contribution >= 4 is 27.5 Å². The van der Waals surface area contributed by atoms with Gasteiger partial charge in [0.1, 0.15) is 11.6 Å². The Morgan fingerprint density at radius 3 is 2.53 bits per heavy atom. The number of rotatable bonds is 3. The van der Waals surface area contributed by atoms with Crippen LogP contribution in [0.25, 0.3) is 0 Å². The Morgan fingerprint density at radius 2 is 1.89 bits per heavy atom. The fourth-order valence-corrected chi connectivity index (χ4v) is 2.42. The molecule has 2 nitrogen and oxygen atoms in total. The molecule has 0 aliphatic rings. The van der Waals surface area contributed by atoms with Crippen LogP contribution in [0, 0.1) is 11.6 Å². The SMILES string of the molecule is NNC(c1ccc(F)c(Br)c1)c1cc(F)ccc1Cl. The predicted octanol–water partition coefficient (Wildman–Crippen LogP) is 3.93. The Balaban J connectivity index is 2.49. The summed E-state index contributed by atoms with van der Waals surface area (Å²) in [4.78, 5) is 0. The van der Waals surface area contributed by atoms with Crippen molar-refractivity contribution in [1.82, 2.24) is 5.43 Å². The number of nitrogens with two attached hydrogens (primary N) is 1. The van der Waals surface area contributed by atoms with Crippen LogP contribution in [0.2, 0.25) is 5.02 Å². The van der Waals surface area contributed by atoms with Gasteiger partial charge in [-0.3, -0.25) is 5.84 Å². The standard InChI is InChI=1S/C13H10BrClF2N2/c14-10-5-7(1-4-12(10)17)13(19-18)9-6-8(16)2-3-11(9)15/h1-6,13,19H,18H2. The van der Waals surface area contributed by atoms with E-state index in [-0.39, 0.29) is 5.82 Å². The summed E-state index contributed by atoms with van der Waals surface area (Å²) < 4.78 is 26.8. The molecule has 1 unspecified atom stereocenters. The van der Waals surface area contributed by atoms with Crippen LogP contribution in [0.15, 0.2) is 40.9 Å². The van der Waals surface area contributed by atoms with Crippen molar-refractivity contribution in [2.75, 3.05) is 0 Å². The van der Waals surface area contributed by atoms with Gasteiger partial charge in [-0.2, -0.15) is 0 Å². The van der Waals surface area contributed by atoms with E-state index in [0.717, 1.165) is 0 Å². The van der Waals surface area contributed by atoms with Crippen LogP contribution in [0.1, 0.15) is 17.2 Å². The highest BCUT2D eigenvalue weighted by Gasteiger charge is 2.17. The Kier molecular flexibility index (Phi) is 4.52. The highest BCUT2D eigenvalue weighted by atomic mass is 79.9. The lowest BCUT2D eigenvalue weighted by atomic mass is 9.99. The first-order valence-electron chi connectivity index (χ1n) is 5.39. The minimum Gasteiger partial charge on any atom is -0.271 e. The first-order chi connectivity index (χ1) is 9.02. The normalized spacial score (nSPS) is 12.5. The van der Waals surface area contributed by atoms with E-state index in [0.29, 0.717) is 20.6 Å². The molecule has 1 atom stereocenters. The van der Waals surface area contributed by atoms with E-state index in [4.69, 9.17) is 17.4 Å². The van der Waals surface area contributed by atoms with Gasteiger partial charge in [0, 0.05) is 5.02 Å². The van der Waals surface area contributed by atoms with E-state index in [2.05, 4.69) is 21.4 Å². The maximum absolute atomic E-state index is 13.3. The molecule has 100 valence electrons. The summed E-state index contributed by atoms with van der Waals surface area (Å²) in [6.07, 6.45) is 0. The molecule has 0 aliphatic heterocycles. The van der Waals surface area contributed by atoms with E-state index in [1.807, 2.05) is 0 Å². The van der Waals surface area contributed by atoms with E-state index in [1.165, 1.54) is 24.3 Å². The molecule has 0 radical (unpaired) electrons. The smallest absolute Gasteiger partial charge is 0.137 e. The first-order valence-corrected chi connectivity index (χ1v) is 6.56.